The number of rotatable bonds is 5. The van der Waals surface area contributed by atoms with Crippen molar-refractivity contribution in [3.63, 3.8) is 0 Å². The molecular formula is C16H19N5O3S. The van der Waals surface area contributed by atoms with Crippen molar-refractivity contribution in [1.29, 1.82) is 0 Å². The molecule has 9 heteroatoms. The summed E-state index contributed by atoms with van der Waals surface area (Å²) in [5.41, 5.74) is 0.824. The molecule has 1 atom stereocenters. The van der Waals surface area contributed by atoms with Crippen LogP contribution in [0.3, 0.4) is 0 Å². The van der Waals surface area contributed by atoms with Gasteiger partial charge in [0.15, 0.2) is 11.0 Å². The SMILES string of the molecule is COc1ccccc1-c1nnc(S[C@@H](C)C(=O)N2CCNC2=O)n1C. The number of amides is 3. The van der Waals surface area contributed by atoms with Crippen molar-refractivity contribution in [1.82, 2.24) is 25.0 Å². The van der Waals surface area contributed by atoms with Crippen LogP contribution < -0.4 is 10.1 Å². The average molecular weight is 361 g/mol. The van der Waals surface area contributed by atoms with Gasteiger partial charge in [0.25, 0.3) is 0 Å². The van der Waals surface area contributed by atoms with E-state index in [0.717, 1.165) is 5.56 Å². The minimum atomic E-state index is -0.447. The number of nitrogens with one attached hydrogen (secondary N) is 1. The van der Waals surface area contributed by atoms with Gasteiger partial charge in [-0.15, -0.1) is 10.2 Å². The fourth-order valence-electron chi connectivity index (χ4n) is 2.59. The highest BCUT2D eigenvalue weighted by Gasteiger charge is 2.31. The van der Waals surface area contributed by atoms with Crippen LogP contribution >= 0.6 is 11.8 Å². The Morgan fingerprint density at radius 1 is 1.36 bits per heavy atom. The van der Waals surface area contributed by atoms with E-state index in [1.807, 2.05) is 35.9 Å². The molecule has 0 saturated carbocycles. The smallest absolute Gasteiger partial charge is 0.324 e. The molecule has 1 aliphatic heterocycles. The first-order chi connectivity index (χ1) is 12.0. The van der Waals surface area contributed by atoms with Gasteiger partial charge in [-0.1, -0.05) is 23.9 Å². The second-order valence-corrected chi connectivity index (χ2v) is 6.86. The monoisotopic (exact) mass is 361 g/mol. The van der Waals surface area contributed by atoms with E-state index in [0.29, 0.717) is 29.8 Å². The van der Waals surface area contributed by atoms with Gasteiger partial charge in [-0.25, -0.2) is 4.79 Å². The second kappa shape index (κ2) is 7.14. The molecule has 0 bridgehead atoms. The molecule has 1 N–H and O–H groups in total. The third-order valence-corrected chi connectivity index (χ3v) is 5.06. The molecule has 0 unspecified atom stereocenters. The van der Waals surface area contributed by atoms with Crippen molar-refractivity contribution >= 4 is 23.7 Å². The summed E-state index contributed by atoms with van der Waals surface area (Å²) in [6.07, 6.45) is 0. The van der Waals surface area contributed by atoms with Crippen LogP contribution in [0.15, 0.2) is 29.4 Å². The summed E-state index contributed by atoms with van der Waals surface area (Å²) in [7, 11) is 3.44. The van der Waals surface area contributed by atoms with Crippen molar-refractivity contribution in [2.45, 2.75) is 17.3 Å². The second-order valence-electron chi connectivity index (χ2n) is 5.55. The van der Waals surface area contributed by atoms with E-state index in [2.05, 4.69) is 15.5 Å². The Morgan fingerprint density at radius 2 is 2.12 bits per heavy atom. The summed E-state index contributed by atoms with van der Waals surface area (Å²) in [4.78, 5) is 25.3. The van der Waals surface area contributed by atoms with E-state index < -0.39 is 5.25 Å². The lowest BCUT2D eigenvalue weighted by Gasteiger charge is -2.17. The van der Waals surface area contributed by atoms with E-state index in [1.54, 1.807) is 14.0 Å². The Morgan fingerprint density at radius 3 is 2.80 bits per heavy atom. The fourth-order valence-corrected chi connectivity index (χ4v) is 3.47. The maximum atomic E-state index is 12.4. The van der Waals surface area contributed by atoms with Gasteiger partial charge in [-0.2, -0.15) is 0 Å². The topological polar surface area (TPSA) is 89.4 Å². The standard InChI is InChI=1S/C16H19N5O3S/c1-10(14(22)21-9-8-17-15(21)23)25-16-19-18-13(20(16)2)11-6-4-5-7-12(11)24-3/h4-7,10H,8-9H2,1-3H3,(H,17,23)/t10-/m0/s1. The molecule has 2 aromatic rings. The molecule has 132 valence electrons. The number of thioether (sulfide) groups is 1. The van der Waals surface area contributed by atoms with Gasteiger partial charge >= 0.3 is 6.03 Å². The molecule has 1 aromatic carbocycles. The average Bonchev–Trinajstić information content (AvgIpc) is 3.20. The highest BCUT2D eigenvalue weighted by atomic mass is 32.2. The quantitative estimate of drug-likeness (QED) is 0.812. The number of imide groups is 1. The van der Waals surface area contributed by atoms with E-state index in [9.17, 15) is 9.59 Å². The summed E-state index contributed by atoms with van der Waals surface area (Å²) in [6, 6.07) is 7.20. The number of hydrogen-bond acceptors (Lipinski definition) is 6. The predicted octanol–water partition coefficient (Wildman–Crippen LogP) is 1.52. The molecule has 3 rings (SSSR count). The van der Waals surface area contributed by atoms with Gasteiger partial charge < -0.3 is 14.6 Å². The van der Waals surface area contributed by atoms with E-state index in [4.69, 9.17) is 4.74 Å². The summed E-state index contributed by atoms with van der Waals surface area (Å²) >= 11 is 1.27. The van der Waals surface area contributed by atoms with Crippen LogP contribution in [0.5, 0.6) is 5.75 Å². The van der Waals surface area contributed by atoms with Crippen LogP contribution in [0.4, 0.5) is 4.79 Å². The number of methoxy groups -OCH3 is 1. The molecule has 1 fully saturated rings. The predicted molar refractivity (Wildman–Crippen MR) is 93.4 cm³/mol. The highest BCUT2D eigenvalue weighted by Crippen LogP contribution is 2.31. The van der Waals surface area contributed by atoms with Crippen LogP contribution in [-0.4, -0.2) is 57.1 Å². The lowest BCUT2D eigenvalue weighted by Crippen LogP contribution is -2.39. The molecule has 1 saturated heterocycles. The summed E-state index contributed by atoms with van der Waals surface area (Å²) in [5, 5.41) is 11.2. The van der Waals surface area contributed by atoms with Crippen molar-refractivity contribution < 1.29 is 14.3 Å². The van der Waals surface area contributed by atoms with Gasteiger partial charge in [0.05, 0.1) is 17.9 Å². The van der Waals surface area contributed by atoms with Crippen LogP contribution in [0, 0.1) is 0 Å². The number of ether oxygens (including phenoxy) is 1. The number of aromatic nitrogens is 3. The van der Waals surface area contributed by atoms with Crippen molar-refractivity contribution in [2.75, 3.05) is 20.2 Å². The molecule has 1 aliphatic rings. The number of carbonyl (C=O) groups is 2. The first-order valence-corrected chi connectivity index (χ1v) is 8.69. The minimum Gasteiger partial charge on any atom is -0.496 e. The van der Waals surface area contributed by atoms with Crippen molar-refractivity contribution in [3.05, 3.63) is 24.3 Å². The number of carbonyl (C=O) groups excluding carboxylic acids is 2. The van der Waals surface area contributed by atoms with Gasteiger partial charge in [-0.3, -0.25) is 9.69 Å². The van der Waals surface area contributed by atoms with E-state index in [1.165, 1.54) is 16.7 Å². The lowest BCUT2D eigenvalue weighted by atomic mass is 10.2. The maximum absolute atomic E-state index is 12.4. The molecule has 0 radical (unpaired) electrons. The number of nitrogens with zero attached hydrogens (tertiary/aromatic N) is 4. The van der Waals surface area contributed by atoms with E-state index >= 15 is 0 Å². The molecule has 8 nitrogen and oxygen atoms in total. The largest absolute Gasteiger partial charge is 0.496 e. The van der Waals surface area contributed by atoms with Crippen LogP contribution in [0.2, 0.25) is 0 Å². The lowest BCUT2D eigenvalue weighted by molar-refractivity contribution is -0.126. The molecule has 25 heavy (non-hydrogen) atoms. The molecule has 2 heterocycles. The number of para-hydroxylation sites is 1. The Kier molecular flexibility index (Phi) is 4.93. The van der Waals surface area contributed by atoms with Crippen molar-refractivity contribution in [2.24, 2.45) is 7.05 Å². The molecule has 0 spiro atoms. The van der Waals surface area contributed by atoms with Gasteiger partial charge in [0.2, 0.25) is 5.91 Å². The number of urea groups is 1. The van der Waals surface area contributed by atoms with E-state index in [-0.39, 0.29) is 11.9 Å². The highest BCUT2D eigenvalue weighted by molar-refractivity contribution is 8.00. The zero-order valence-corrected chi connectivity index (χ0v) is 15.0. The summed E-state index contributed by atoms with van der Waals surface area (Å²) in [5.74, 6) is 1.12. The summed E-state index contributed by atoms with van der Waals surface area (Å²) < 4.78 is 7.19. The first kappa shape index (κ1) is 17.3. The maximum Gasteiger partial charge on any atom is 0.324 e. The molecule has 1 aromatic heterocycles. The van der Waals surface area contributed by atoms with Crippen LogP contribution in [0.25, 0.3) is 11.4 Å². The fraction of sp³-hybridized carbons (Fsp3) is 0.375. The Labute approximate surface area is 149 Å². The minimum absolute atomic E-state index is 0.234. The zero-order valence-electron chi connectivity index (χ0n) is 14.2. The van der Waals surface area contributed by atoms with Gasteiger partial charge in [-0.05, 0) is 19.1 Å². The van der Waals surface area contributed by atoms with Crippen molar-refractivity contribution in [3.8, 4) is 17.1 Å². The first-order valence-electron chi connectivity index (χ1n) is 7.81. The Bertz CT molecular complexity index is 807. The molecule has 0 aliphatic carbocycles. The van der Waals surface area contributed by atoms with Crippen LogP contribution in [-0.2, 0) is 11.8 Å². The Hall–Kier alpha value is -2.55. The third kappa shape index (κ3) is 3.32. The Balaban J connectivity index is 1.79. The molecular weight excluding hydrogens is 342 g/mol. The number of benzene rings is 1. The van der Waals surface area contributed by atoms with Crippen LogP contribution in [0.1, 0.15) is 6.92 Å². The molecule has 3 amide bonds. The van der Waals surface area contributed by atoms with Gasteiger partial charge in [0, 0.05) is 20.1 Å². The number of hydrogen-bond donors (Lipinski definition) is 1. The van der Waals surface area contributed by atoms with Gasteiger partial charge in [0.1, 0.15) is 5.75 Å². The normalized spacial score (nSPS) is 15.2. The zero-order chi connectivity index (χ0) is 18.0. The third-order valence-electron chi connectivity index (χ3n) is 3.94. The summed E-state index contributed by atoms with van der Waals surface area (Å²) in [6.45, 7) is 2.65.